The van der Waals surface area contributed by atoms with Gasteiger partial charge in [-0.25, -0.2) is 0 Å². The average molecular weight is 416 g/mol. The first-order chi connectivity index (χ1) is 13.8. The smallest absolute Gasteiger partial charge is 0.282 e. The van der Waals surface area contributed by atoms with E-state index in [9.17, 15) is 13.2 Å². The predicted molar refractivity (Wildman–Crippen MR) is 116 cm³/mol. The van der Waals surface area contributed by atoms with E-state index in [-0.39, 0.29) is 12.5 Å². The minimum atomic E-state index is -3.68. The fraction of sp³-hybridized carbons (Fsp3) is 0.409. The molecule has 1 heterocycles. The quantitative estimate of drug-likeness (QED) is 0.787. The summed E-state index contributed by atoms with van der Waals surface area (Å²) in [5, 5.41) is 2.92. The molecular formula is C22H29N3O3S. The highest BCUT2D eigenvalue weighted by molar-refractivity contribution is 7.86. The molecule has 1 fully saturated rings. The van der Waals surface area contributed by atoms with Gasteiger partial charge in [-0.1, -0.05) is 55.0 Å². The fourth-order valence-corrected chi connectivity index (χ4v) is 5.33. The third-order valence-electron chi connectivity index (χ3n) is 5.23. The van der Waals surface area contributed by atoms with E-state index in [1.54, 1.807) is 0 Å². The number of amides is 1. The number of nitrogens with one attached hydrogen (secondary N) is 1. The lowest BCUT2D eigenvalue weighted by Crippen LogP contribution is -2.51. The van der Waals surface area contributed by atoms with Crippen molar-refractivity contribution < 1.29 is 13.2 Å². The number of aryl methyl sites for hydroxylation is 3. The van der Waals surface area contributed by atoms with Crippen LogP contribution in [0.2, 0.25) is 0 Å². The number of anilines is 1. The zero-order chi connectivity index (χ0) is 21.0. The maximum Gasteiger partial charge on any atom is 0.282 e. The van der Waals surface area contributed by atoms with E-state index in [1.165, 1.54) is 8.61 Å². The van der Waals surface area contributed by atoms with Crippen LogP contribution < -0.4 is 5.32 Å². The van der Waals surface area contributed by atoms with Crippen LogP contribution in [0.5, 0.6) is 0 Å². The number of hydrogen-bond donors (Lipinski definition) is 1. The molecule has 0 atom stereocenters. The number of benzene rings is 2. The van der Waals surface area contributed by atoms with Gasteiger partial charge in [-0.2, -0.15) is 17.0 Å². The minimum absolute atomic E-state index is 0.176. The molecule has 1 amide bonds. The van der Waals surface area contributed by atoms with Crippen LogP contribution in [-0.2, 0) is 28.0 Å². The minimum Gasteiger partial charge on any atom is -0.324 e. The van der Waals surface area contributed by atoms with Crippen molar-refractivity contribution in [1.29, 1.82) is 0 Å². The number of nitrogens with zero attached hydrogens (tertiary/aromatic N) is 2. The summed E-state index contributed by atoms with van der Waals surface area (Å²) in [5.41, 5.74) is 4.85. The van der Waals surface area contributed by atoms with Gasteiger partial charge in [0, 0.05) is 25.3 Å². The van der Waals surface area contributed by atoms with Crippen LogP contribution in [0.25, 0.3) is 0 Å². The second-order valence-corrected chi connectivity index (χ2v) is 9.46. The molecule has 1 aliphatic rings. The largest absolute Gasteiger partial charge is 0.324 e. The summed E-state index contributed by atoms with van der Waals surface area (Å²) in [6.07, 6.45) is 1.49. The van der Waals surface area contributed by atoms with Crippen molar-refractivity contribution >= 4 is 21.8 Å². The molecular weight excluding hydrogens is 386 g/mol. The second-order valence-electron chi connectivity index (χ2n) is 7.53. The Kier molecular flexibility index (Phi) is 6.72. The maximum absolute atomic E-state index is 13.1. The van der Waals surface area contributed by atoms with Gasteiger partial charge in [0.15, 0.2) is 0 Å². The van der Waals surface area contributed by atoms with Gasteiger partial charge in [-0.05, 0) is 43.4 Å². The topological polar surface area (TPSA) is 69.7 Å². The van der Waals surface area contributed by atoms with Crippen LogP contribution in [0.3, 0.4) is 0 Å². The Hall–Kier alpha value is -2.22. The highest BCUT2D eigenvalue weighted by Gasteiger charge is 2.34. The molecule has 1 N–H and O–H groups in total. The molecule has 0 aliphatic carbocycles. The molecule has 6 nitrogen and oxygen atoms in total. The Bertz CT molecular complexity index is 989. The molecule has 1 saturated heterocycles. The SMILES string of the molecule is CCc1cccc(C)c1NC(=O)CN1CCCN(Cc2cccc(C)c2)S1(=O)=O. The Balaban J connectivity index is 1.71. The highest BCUT2D eigenvalue weighted by Crippen LogP contribution is 2.23. The standard InChI is InChI=1S/C22H29N3O3S/c1-4-20-11-6-9-18(3)22(20)23-21(26)16-25-13-7-12-24(29(25,27)28)15-19-10-5-8-17(2)14-19/h5-6,8-11,14H,4,7,12-13,15-16H2,1-3H3,(H,23,26). The van der Waals surface area contributed by atoms with Crippen molar-refractivity contribution in [2.24, 2.45) is 0 Å². The molecule has 0 saturated carbocycles. The van der Waals surface area contributed by atoms with Crippen molar-refractivity contribution in [3.05, 3.63) is 64.7 Å². The number of carbonyl (C=O) groups excluding carboxylic acids is 1. The van der Waals surface area contributed by atoms with Gasteiger partial charge < -0.3 is 5.32 Å². The molecule has 2 aromatic rings. The van der Waals surface area contributed by atoms with Gasteiger partial charge in [-0.15, -0.1) is 0 Å². The summed E-state index contributed by atoms with van der Waals surface area (Å²) in [7, 11) is -3.68. The second kappa shape index (κ2) is 9.07. The molecule has 7 heteroatoms. The summed E-state index contributed by atoms with van der Waals surface area (Å²) in [5.74, 6) is -0.310. The van der Waals surface area contributed by atoms with Crippen molar-refractivity contribution in [3.8, 4) is 0 Å². The van der Waals surface area contributed by atoms with Gasteiger partial charge in [0.25, 0.3) is 10.2 Å². The van der Waals surface area contributed by atoms with E-state index >= 15 is 0 Å². The number of rotatable bonds is 6. The lowest BCUT2D eigenvalue weighted by molar-refractivity contribution is -0.116. The summed E-state index contributed by atoms with van der Waals surface area (Å²) < 4.78 is 28.8. The van der Waals surface area contributed by atoms with Crippen LogP contribution in [0, 0.1) is 13.8 Å². The number of hydrogen-bond acceptors (Lipinski definition) is 3. The van der Waals surface area contributed by atoms with Crippen LogP contribution in [0.15, 0.2) is 42.5 Å². The normalized spacial score (nSPS) is 17.2. The van der Waals surface area contributed by atoms with Crippen molar-refractivity contribution in [3.63, 3.8) is 0 Å². The zero-order valence-electron chi connectivity index (χ0n) is 17.3. The first-order valence-electron chi connectivity index (χ1n) is 10.0. The zero-order valence-corrected chi connectivity index (χ0v) is 18.1. The van der Waals surface area contributed by atoms with Gasteiger partial charge in [0.05, 0.1) is 6.54 Å². The predicted octanol–water partition coefficient (Wildman–Crippen LogP) is 3.26. The monoisotopic (exact) mass is 415 g/mol. The Morgan fingerprint density at radius 2 is 1.79 bits per heavy atom. The molecule has 29 heavy (non-hydrogen) atoms. The van der Waals surface area contributed by atoms with E-state index in [4.69, 9.17) is 0 Å². The molecule has 0 spiro atoms. The van der Waals surface area contributed by atoms with Crippen molar-refractivity contribution in [2.75, 3.05) is 25.0 Å². The Morgan fingerprint density at radius 1 is 1.07 bits per heavy atom. The summed E-state index contributed by atoms with van der Waals surface area (Å²) >= 11 is 0. The van der Waals surface area contributed by atoms with Crippen LogP contribution in [-0.4, -0.2) is 42.6 Å². The first kappa shape index (κ1) is 21.5. The molecule has 0 aromatic heterocycles. The van der Waals surface area contributed by atoms with Gasteiger partial charge in [-0.3, -0.25) is 4.79 Å². The highest BCUT2D eigenvalue weighted by atomic mass is 32.2. The third kappa shape index (κ3) is 5.04. The van der Waals surface area contributed by atoms with Crippen LogP contribution >= 0.6 is 0 Å². The molecule has 1 aliphatic heterocycles. The average Bonchev–Trinajstić information content (AvgIpc) is 2.67. The van der Waals surface area contributed by atoms with Gasteiger partial charge >= 0.3 is 0 Å². The molecule has 0 unspecified atom stereocenters. The van der Waals surface area contributed by atoms with Crippen molar-refractivity contribution in [2.45, 2.75) is 40.2 Å². The van der Waals surface area contributed by atoms with E-state index < -0.39 is 10.2 Å². The molecule has 156 valence electrons. The fourth-order valence-electron chi connectivity index (χ4n) is 3.69. The molecule has 0 radical (unpaired) electrons. The Morgan fingerprint density at radius 3 is 2.52 bits per heavy atom. The number of para-hydroxylation sites is 1. The van der Waals surface area contributed by atoms with E-state index in [1.807, 2.05) is 63.2 Å². The summed E-state index contributed by atoms with van der Waals surface area (Å²) in [4.78, 5) is 12.7. The van der Waals surface area contributed by atoms with Crippen LogP contribution in [0.1, 0.15) is 35.6 Å². The molecule has 0 bridgehead atoms. The lowest BCUT2D eigenvalue weighted by atomic mass is 10.1. The maximum atomic E-state index is 13.1. The Labute approximate surface area is 173 Å². The third-order valence-corrected chi connectivity index (χ3v) is 7.16. The van der Waals surface area contributed by atoms with Crippen molar-refractivity contribution in [1.82, 2.24) is 8.61 Å². The van der Waals surface area contributed by atoms with E-state index in [0.717, 1.165) is 34.4 Å². The molecule has 3 rings (SSSR count). The van der Waals surface area contributed by atoms with Crippen LogP contribution in [0.4, 0.5) is 5.69 Å². The first-order valence-corrected chi connectivity index (χ1v) is 11.4. The lowest BCUT2D eigenvalue weighted by Gasteiger charge is -2.34. The summed E-state index contributed by atoms with van der Waals surface area (Å²) in [6, 6.07) is 13.7. The summed E-state index contributed by atoms with van der Waals surface area (Å²) in [6.45, 7) is 6.92. The van der Waals surface area contributed by atoms with Gasteiger partial charge in [0.1, 0.15) is 0 Å². The molecule has 2 aromatic carbocycles. The van der Waals surface area contributed by atoms with E-state index in [2.05, 4.69) is 5.32 Å². The van der Waals surface area contributed by atoms with Gasteiger partial charge in [0.2, 0.25) is 5.91 Å². The number of carbonyl (C=O) groups is 1. The van der Waals surface area contributed by atoms with E-state index in [0.29, 0.717) is 26.1 Å².